The summed E-state index contributed by atoms with van der Waals surface area (Å²) in [4.78, 5) is 17.1. The first-order valence-electron chi connectivity index (χ1n) is 7.32. The quantitative estimate of drug-likeness (QED) is 0.675. The van der Waals surface area contributed by atoms with Gasteiger partial charge in [0.1, 0.15) is 6.20 Å². The Morgan fingerprint density at radius 3 is 2.15 bits per heavy atom. The average Bonchev–Trinajstić information content (AvgIpc) is 3.04. The van der Waals surface area contributed by atoms with Crippen molar-refractivity contribution in [2.75, 3.05) is 11.0 Å². The van der Waals surface area contributed by atoms with E-state index in [1.165, 1.54) is 0 Å². The summed E-state index contributed by atoms with van der Waals surface area (Å²) in [6.45, 7) is 0. The highest BCUT2D eigenvalue weighted by Gasteiger charge is 2.09. The Kier molecular flexibility index (Phi) is 4.59. The molecule has 2 N–H and O–H groups in total. The fourth-order valence-electron chi connectivity index (χ4n) is 2.15. The summed E-state index contributed by atoms with van der Waals surface area (Å²) in [5.41, 5.74) is 2.05. The second kappa shape index (κ2) is 6.84. The maximum Gasteiger partial charge on any atom is 0.358 e. The van der Waals surface area contributed by atoms with E-state index in [1.54, 1.807) is 36.4 Å². The van der Waals surface area contributed by atoms with Crippen molar-refractivity contribution >= 4 is 21.7 Å². The molecule has 9 nitrogen and oxygen atoms in total. The maximum atomic E-state index is 11.2. The Morgan fingerprint density at radius 2 is 1.65 bits per heavy atom. The van der Waals surface area contributed by atoms with Crippen LogP contribution in [0.1, 0.15) is 10.5 Å². The molecule has 0 amide bonds. The molecule has 0 saturated heterocycles. The van der Waals surface area contributed by atoms with E-state index in [4.69, 9.17) is 9.94 Å². The Balaban J connectivity index is 1.71. The van der Waals surface area contributed by atoms with Gasteiger partial charge in [0.15, 0.2) is 11.4 Å². The minimum Gasteiger partial charge on any atom is -0.476 e. The smallest absolute Gasteiger partial charge is 0.358 e. The number of nitrogens with zero attached hydrogens (tertiary/aromatic N) is 3. The minimum atomic E-state index is -3.31. The predicted octanol–water partition coefficient (Wildman–Crippen LogP) is 1.86. The standard InChI is InChI=1S/C16H14N4O5S/c1-26(23,24)18-13-6-2-11(3-7-13)12-4-8-14(9-5-12)25-20-10-15(16(21)22)17-19-20/h2-10,18H,1H3,(H,21,22). The first-order chi connectivity index (χ1) is 12.3. The van der Waals surface area contributed by atoms with E-state index in [2.05, 4.69) is 15.0 Å². The van der Waals surface area contributed by atoms with Gasteiger partial charge in [-0.25, -0.2) is 13.2 Å². The molecule has 0 bridgehead atoms. The third-order valence-corrected chi connectivity index (χ3v) is 3.87. The molecule has 0 unspecified atom stereocenters. The summed E-state index contributed by atoms with van der Waals surface area (Å²) in [6.07, 6.45) is 2.25. The number of aromatic carboxylic acids is 1. The fourth-order valence-corrected chi connectivity index (χ4v) is 2.72. The van der Waals surface area contributed by atoms with Gasteiger partial charge in [0.05, 0.1) is 6.26 Å². The zero-order chi connectivity index (χ0) is 18.7. The SMILES string of the molecule is CS(=O)(=O)Nc1ccc(-c2ccc(On3cc(C(=O)O)nn3)cc2)cc1. The van der Waals surface area contributed by atoms with Crippen molar-refractivity contribution in [2.24, 2.45) is 0 Å². The van der Waals surface area contributed by atoms with Crippen LogP contribution in [0.5, 0.6) is 5.75 Å². The lowest BCUT2D eigenvalue weighted by atomic mass is 10.1. The molecule has 10 heteroatoms. The van der Waals surface area contributed by atoms with Crippen molar-refractivity contribution in [3.05, 3.63) is 60.4 Å². The fraction of sp³-hybridized carbons (Fsp3) is 0.0625. The highest BCUT2D eigenvalue weighted by atomic mass is 32.2. The van der Waals surface area contributed by atoms with Gasteiger partial charge in [0, 0.05) is 5.69 Å². The molecule has 3 aromatic rings. The summed E-state index contributed by atoms with van der Waals surface area (Å²) in [5, 5.41) is 15.8. The molecular formula is C16H14N4O5S. The number of benzene rings is 2. The van der Waals surface area contributed by atoms with E-state index >= 15 is 0 Å². The third kappa shape index (κ3) is 4.36. The average molecular weight is 374 g/mol. The van der Waals surface area contributed by atoms with Gasteiger partial charge in [-0.1, -0.05) is 29.1 Å². The zero-order valence-electron chi connectivity index (χ0n) is 13.5. The van der Waals surface area contributed by atoms with Crippen LogP contribution in [0.4, 0.5) is 5.69 Å². The molecule has 0 aliphatic heterocycles. The molecule has 1 aromatic heterocycles. The molecule has 0 aliphatic rings. The van der Waals surface area contributed by atoms with E-state index in [0.29, 0.717) is 11.4 Å². The van der Waals surface area contributed by atoms with Crippen molar-refractivity contribution in [1.29, 1.82) is 0 Å². The topological polar surface area (TPSA) is 123 Å². The monoisotopic (exact) mass is 374 g/mol. The number of carboxylic acids is 1. The molecule has 0 spiro atoms. The van der Waals surface area contributed by atoms with Gasteiger partial charge in [-0.2, -0.15) is 0 Å². The number of carbonyl (C=O) groups is 1. The van der Waals surface area contributed by atoms with Gasteiger partial charge in [0.25, 0.3) is 0 Å². The lowest BCUT2D eigenvalue weighted by Crippen LogP contribution is -2.09. The zero-order valence-corrected chi connectivity index (χ0v) is 14.3. The van der Waals surface area contributed by atoms with Crippen LogP contribution in [-0.2, 0) is 10.0 Å². The van der Waals surface area contributed by atoms with Crippen LogP contribution < -0.4 is 9.56 Å². The molecule has 26 heavy (non-hydrogen) atoms. The first kappa shape index (κ1) is 17.4. The molecule has 3 rings (SSSR count). The lowest BCUT2D eigenvalue weighted by Gasteiger charge is -2.07. The first-order valence-corrected chi connectivity index (χ1v) is 9.21. The van der Waals surface area contributed by atoms with Crippen LogP contribution in [-0.4, -0.2) is 40.9 Å². The second-order valence-electron chi connectivity index (χ2n) is 5.38. The van der Waals surface area contributed by atoms with Crippen molar-refractivity contribution in [3.63, 3.8) is 0 Å². The number of carboxylic acid groups (broad SMARTS) is 1. The van der Waals surface area contributed by atoms with Crippen molar-refractivity contribution in [1.82, 2.24) is 15.2 Å². The number of anilines is 1. The van der Waals surface area contributed by atoms with E-state index in [0.717, 1.165) is 28.4 Å². The van der Waals surface area contributed by atoms with E-state index < -0.39 is 16.0 Å². The molecule has 0 atom stereocenters. The number of hydrogen-bond acceptors (Lipinski definition) is 6. The Bertz CT molecular complexity index is 1030. The highest BCUT2D eigenvalue weighted by molar-refractivity contribution is 7.92. The van der Waals surface area contributed by atoms with Gasteiger partial charge >= 0.3 is 5.97 Å². The predicted molar refractivity (Wildman–Crippen MR) is 93.4 cm³/mol. The number of aromatic nitrogens is 3. The van der Waals surface area contributed by atoms with E-state index in [1.807, 2.05) is 12.1 Å². The van der Waals surface area contributed by atoms with Gasteiger partial charge in [-0.15, -0.1) is 5.10 Å². The molecule has 0 aliphatic carbocycles. The molecular weight excluding hydrogens is 360 g/mol. The largest absolute Gasteiger partial charge is 0.476 e. The summed E-state index contributed by atoms with van der Waals surface area (Å²) >= 11 is 0. The molecule has 0 fully saturated rings. The molecule has 1 heterocycles. The van der Waals surface area contributed by atoms with E-state index in [-0.39, 0.29) is 5.69 Å². The summed E-state index contributed by atoms with van der Waals surface area (Å²) in [7, 11) is -3.31. The van der Waals surface area contributed by atoms with Gasteiger partial charge in [-0.05, 0) is 40.6 Å². The van der Waals surface area contributed by atoms with Crippen LogP contribution in [0, 0.1) is 0 Å². The van der Waals surface area contributed by atoms with Crippen LogP contribution in [0.15, 0.2) is 54.7 Å². The van der Waals surface area contributed by atoms with Gasteiger partial charge in [0.2, 0.25) is 10.0 Å². The molecule has 2 aromatic carbocycles. The minimum absolute atomic E-state index is 0.218. The van der Waals surface area contributed by atoms with Crippen LogP contribution >= 0.6 is 0 Å². The number of hydrogen-bond donors (Lipinski definition) is 2. The summed E-state index contributed by atoms with van der Waals surface area (Å²) in [5.74, 6) is -0.741. The van der Waals surface area contributed by atoms with Crippen molar-refractivity contribution in [3.8, 4) is 16.9 Å². The summed E-state index contributed by atoms with van der Waals surface area (Å²) in [6, 6.07) is 13.9. The Labute approximate surface area is 148 Å². The summed E-state index contributed by atoms with van der Waals surface area (Å²) < 4.78 is 24.8. The van der Waals surface area contributed by atoms with Crippen molar-refractivity contribution < 1.29 is 23.2 Å². The normalized spacial score (nSPS) is 11.1. The molecule has 0 saturated carbocycles. The number of rotatable bonds is 6. The Morgan fingerprint density at radius 1 is 1.08 bits per heavy atom. The lowest BCUT2D eigenvalue weighted by molar-refractivity contribution is 0.0689. The second-order valence-corrected chi connectivity index (χ2v) is 7.13. The molecule has 134 valence electrons. The van der Waals surface area contributed by atoms with Crippen LogP contribution in [0.3, 0.4) is 0 Å². The van der Waals surface area contributed by atoms with Gasteiger partial charge in [-0.3, -0.25) is 4.72 Å². The van der Waals surface area contributed by atoms with Gasteiger partial charge < -0.3 is 9.94 Å². The van der Waals surface area contributed by atoms with Crippen LogP contribution in [0.2, 0.25) is 0 Å². The Hall–Kier alpha value is -3.40. The number of nitrogens with one attached hydrogen (secondary N) is 1. The third-order valence-electron chi connectivity index (χ3n) is 3.27. The van der Waals surface area contributed by atoms with E-state index in [9.17, 15) is 13.2 Å². The molecule has 0 radical (unpaired) electrons. The maximum absolute atomic E-state index is 11.2. The van der Waals surface area contributed by atoms with Crippen molar-refractivity contribution in [2.45, 2.75) is 0 Å². The number of sulfonamides is 1. The highest BCUT2D eigenvalue weighted by Crippen LogP contribution is 2.24. The van der Waals surface area contributed by atoms with Crippen LogP contribution in [0.25, 0.3) is 11.1 Å².